The van der Waals surface area contributed by atoms with Gasteiger partial charge in [0.25, 0.3) is 11.8 Å². The number of nitrogens with one attached hydrogen (secondary N) is 1. The van der Waals surface area contributed by atoms with Gasteiger partial charge in [-0.15, -0.1) is 0 Å². The van der Waals surface area contributed by atoms with Crippen LogP contribution in [0.1, 0.15) is 15.9 Å². The molecule has 0 radical (unpaired) electrons. The maximum Gasteiger partial charge on any atom is 0.262 e. The van der Waals surface area contributed by atoms with Crippen molar-refractivity contribution >= 4 is 34.8 Å². The molecule has 0 spiro atoms. The first-order valence-corrected chi connectivity index (χ1v) is 11.3. The lowest BCUT2D eigenvalue weighted by Crippen LogP contribution is -2.49. The van der Waals surface area contributed by atoms with Gasteiger partial charge in [0.1, 0.15) is 5.75 Å². The number of amides is 2. The molecule has 3 aromatic rings. The maximum atomic E-state index is 12.8. The molecule has 1 aliphatic rings. The lowest BCUT2D eigenvalue weighted by Gasteiger charge is -2.37. The van der Waals surface area contributed by atoms with Crippen molar-refractivity contribution in [2.75, 3.05) is 43.0 Å². The van der Waals surface area contributed by atoms with Crippen LogP contribution in [-0.2, 0) is 4.79 Å². The zero-order valence-electron chi connectivity index (χ0n) is 18.5. The summed E-state index contributed by atoms with van der Waals surface area (Å²) in [4.78, 5) is 29.3. The number of piperazine rings is 1. The predicted molar refractivity (Wildman–Crippen MR) is 131 cm³/mol. The van der Waals surface area contributed by atoms with Crippen molar-refractivity contribution in [3.05, 3.63) is 88.9 Å². The van der Waals surface area contributed by atoms with Gasteiger partial charge in [0.05, 0.1) is 11.4 Å². The molecule has 170 valence electrons. The number of hydrogen-bond acceptors (Lipinski definition) is 4. The first-order valence-electron chi connectivity index (χ1n) is 10.9. The first-order chi connectivity index (χ1) is 16.0. The Morgan fingerprint density at radius 2 is 1.58 bits per heavy atom. The van der Waals surface area contributed by atoms with Crippen molar-refractivity contribution in [1.29, 1.82) is 0 Å². The van der Waals surface area contributed by atoms with E-state index in [0.717, 1.165) is 16.9 Å². The van der Waals surface area contributed by atoms with Gasteiger partial charge in [-0.2, -0.15) is 0 Å². The van der Waals surface area contributed by atoms with Crippen molar-refractivity contribution in [2.45, 2.75) is 6.92 Å². The van der Waals surface area contributed by atoms with Crippen molar-refractivity contribution in [3.63, 3.8) is 0 Å². The molecule has 0 aromatic heterocycles. The van der Waals surface area contributed by atoms with Crippen LogP contribution in [0.2, 0.25) is 5.02 Å². The number of nitrogens with zero attached hydrogens (tertiary/aromatic N) is 2. The number of carbonyl (C=O) groups is 2. The number of halogens is 1. The second kappa shape index (κ2) is 10.4. The third-order valence-corrected chi connectivity index (χ3v) is 5.82. The minimum Gasteiger partial charge on any atom is -0.484 e. The summed E-state index contributed by atoms with van der Waals surface area (Å²) in [7, 11) is 0. The van der Waals surface area contributed by atoms with Crippen LogP contribution in [0.3, 0.4) is 0 Å². The van der Waals surface area contributed by atoms with Crippen LogP contribution < -0.4 is 15.0 Å². The molecular formula is C26H26ClN3O3. The van der Waals surface area contributed by atoms with Gasteiger partial charge in [-0.1, -0.05) is 41.4 Å². The summed E-state index contributed by atoms with van der Waals surface area (Å²) in [5.74, 6) is 0.436. The van der Waals surface area contributed by atoms with Crippen molar-refractivity contribution in [2.24, 2.45) is 0 Å². The van der Waals surface area contributed by atoms with Gasteiger partial charge in [-0.25, -0.2) is 0 Å². The molecule has 0 atom stereocenters. The van der Waals surface area contributed by atoms with Crippen molar-refractivity contribution in [3.8, 4) is 5.75 Å². The monoisotopic (exact) mass is 463 g/mol. The highest BCUT2D eigenvalue weighted by molar-refractivity contribution is 6.30. The minimum absolute atomic E-state index is 0.00107. The number of aryl methyl sites for hydroxylation is 1. The molecular weight excluding hydrogens is 438 g/mol. The molecule has 7 heteroatoms. The van der Waals surface area contributed by atoms with E-state index in [1.807, 2.05) is 60.4 Å². The van der Waals surface area contributed by atoms with Crippen molar-refractivity contribution < 1.29 is 14.3 Å². The Labute approximate surface area is 198 Å². The summed E-state index contributed by atoms with van der Waals surface area (Å²) in [5, 5.41) is 3.57. The van der Waals surface area contributed by atoms with E-state index in [0.29, 0.717) is 42.5 Å². The molecule has 0 bridgehead atoms. The SMILES string of the molecule is Cc1ccc(OCC(=O)Nc2ccccc2N2CCN(C(=O)c3ccc(Cl)cc3)CC2)cc1. The van der Waals surface area contributed by atoms with E-state index < -0.39 is 0 Å². The summed E-state index contributed by atoms with van der Waals surface area (Å²) in [6.07, 6.45) is 0. The first kappa shape index (κ1) is 22.7. The average Bonchev–Trinajstić information content (AvgIpc) is 2.84. The number of para-hydroxylation sites is 2. The summed E-state index contributed by atoms with van der Waals surface area (Å²) in [5.41, 5.74) is 3.43. The highest BCUT2D eigenvalue weighted by Gasteiger charge is 2.23. The maximum absolute atomic E-state index is 12.8. The smallest absolute Gasteiger partial charge is 0.262 e. The van der Waals surface area contributed by atoms with Crippen LogP contribution in [0, 0.1) is 6.92 Å². The second-order valence-corrected chi connectivity index (χ2v) is 8.39. The Hall–Kier alpha value is -3.51. The molecule has 6 nitrogen and oxygen atoms in total. The second-order valence-electron chi connectivity index (χ2n) is 7.95. The van der Waals surface area contributed by atoms with Crippen LogP contribution in [0.25, 0.3) is 0 Å². The van der Waals surface area contributed by atoms with E-state index in [1.165, 1.54) is 0 Å². The largest absolute Gasteiger partial charge is 0.484 e. The molecule has 0 unspecified atom stereocenters. The normalized spacial score (nSPS) is 13.5. The predicted octanol–water partition coefficient (Wildman–Crippen LogP) is 4.63. The number of rotatable bonds is 6. The molecule has 0 saturated carbocycles. The Morgan fingerprint density at radius 1 is 0.909 bits per heavy atom. The third kappa shape index (κ3) is 5.84. The molecule has 1 N–H and O–H groups in total. The minimum atomic E-state index is -0.223. The number of anilines is 2. The van der Waals surface area contributed by atoms with Crippen LogP contribution in [-0.4, -0.2) is 49.5 Å². The number of benzene rings is 3. The lowest BCUT2D eigenvalue weighted by molar-refractivity contribution is -0.118. The molecule has 4 rings (SSSR count). The van der Waals surface area contributed by atoms with Crippen LogP contribution in [0.15, 0.2) is 72.8 Å². The van der Waals surface area contributed by atoms with Gasteiger partial charge in [0.2, 0.25) is 0 Å². The molecule has 33 heavy (non-hydrogen) atoms. The van der Waals surface area contributed by atoms with E-state index in [4.69, 9.17) is 16.3 Å². The van der Waals surface area contributed by atoms with Crippen LogP contribution in [0.4, 0.5) is 11.4 Å². The highest BCUT2D eigenvalue weighted by atomic mass is 35.5. The molecule has 1 heterocycles. The quantitative estimate of drug-likeness (QED) is 0.579. The fraction of sp³-hybridized carbons (Fsp3) is 0.231. The van der Waals surface area contributed by atoms with E-state index in [9.17, 15) is 9.59 Å². The third-order valence-electron chi connectivity index (χ3n) is 5.57. The molecule has 2 amide bonds. The van der Waals surface area contributed by atoms with Crippen LogP contribution >= 0.6 is 11.6 Å². The van der Waals surface area contributed by atoms with Gasteiger partial charge >= 0.3 is 0 Å². The van der Waals surface area contributed by atoms with E-state index in [-0.39, 0.29) is 18.4 Å². The van der Waals surface area contributed by atoms with E-state index in [1.54, 1.807) is 24.3 Å². The summed E-state index contributed by atoms with van der Waals surface area (Å²) in [6.45, 7) is 4.47. The number of carbonyl (C=O) groups excluding carboxylic acids is 2. The number of ether oxygens (including phenoxy) is 1. The Kier molecular flexibility index (Phi) is 7.15. The lowest BCUT2D eigenvalue weighted by atomic mass is 10.1. The Morgan fingerprint density at radius 3 is 2.27 bits per heavy atom. The van der Waals surface area contributed by atoms with Gasteiger partial charge in [-0.05, 0) is 55.5 Å². The van der Waals surface area contributed by atoms with E-state index >= 15 is 0 Å². The summed E-state index contributed by atoms with van der Waals surface area (Å²) in [6, 6.07) is 22.2. The van der Waals surface area contributed by atoms with Crippen LogP contribution in [0.5, 0.6) is 5.75 Å². The van der Waals surface area contributed by atoms with Crippen molar-refractivity contribution in [1.82, 2.24) is 4.90 Å². The zero-order valence-corrected chi connectivity index (χ0v) is 19.2. The molecule has 3 aromatic carbocycles. The molecule has 1 fully saturated rings. The molecule has 1 aliphatic heterocycles. The van der Waals surface area contributed by atoms with Gasteiger partial charge in [-0.3, -0.25) is 9.59 Å². The van der Waals surface area contributed by atoms with Gasteiger partial charge in [0, 0.05) is 36.8 Å². The van der Waals surface area contributed by atoms with Gasteiger partial charge in [0.15, 0.2) is 6.61 Å². The van der Waals surface area contributed by atoms with Gasteiger partial charge < -0.3 is 19.9 Å². The Balaban J connectivity index is 1.34. The fourth-order valence-electron chi connectivity index (χ4n) is 3.75. The molecule has 0 aliphatic carbocycles. The fourth-order valence-corrected chi connectivity index (χ4v) is 3.88. The standard InChI is InChI=1S/C26H26ClN3O3/c1-19-6-12-22(13-7-19)33-18-25(31)28-23-4-2-3-5-24(23)29-14-16-30(17-15-29)26(32)20-8-10-21(27)11-9-20/h2-13H,14-18H2,1H3,(H,28,31). The topological polar surface area (TPSA) is 61.9 Å². The van der Waals surface area contributed by atoms with E-state index in [2.05, 4.69) is 10.2 Å². The Bertz CT molecular complexity index is 1110. The highest BCUT2D eigenvalue weighted by Crippen LogP contribution is 2.27. The summed E-state index contributed by atoms with van der Waals surface area (Å²) >= 11 is 5.93. The number of hydrogen-bond donors (Lipinski definition) is 1. The zero-order chi connectivity index (χ0) is 23.2. The molecule has 1 saturated heterocycles. The summed E-state index contributed by atoms with van der Waals surface area (Å²) < 4.78 is 5.59. The average molecular weight is 464 g/mol.